The van der Waals surface area contributed by atoms with Crippen LogP contribution in [0, 0.1) is 18.6 Å². The van der Waals surface area contributed by atoms with Gasteiger partial charge in [-0.15, -0.1) is 0 Å². The van der Waals surface area contributed by atoms with Crippen LogP contribution in [0.5, 0.6) is 0 Å². The van der Waals surface area contributed by atoms with Crippen molar-refractivity contribution in [2.75, 3.05) is 5.32 Å². The van der Waals surface area contributed by atoms with Gasteiger partial charge in [-0.25, -0.2) is 13.8 Å². The van der Waals surface area contributed by atoms with Crippen molar-refractivity contribution in [3.63, 3.8) is 0 Å². The number of aryl methyl sites for hydroxylation is 1. The van der Waals surface area contributed by atoms with Crippen molar-refractivity contribution in [3.8, 4) is 0 Å². The Morgan fingerprint density at radius 2 is 1.82 bits per heavy atom. The zero-order valence-electron chi connectivity index (χ0n) is 14.7. The molecule has 3 aromatic carbocycles. The first-order valence-corrected chi connectivity index (χ1v) is 8.81. The maximum atomic E-state index is 13.8. The van der Waals surface area contributed by atoms with Crippen LogP contribution in [0.3, 0.4) is 0 Å². The number of nitrogens with one attached hydrogen (secondary N) is 2. The lowest BCUT2D eigenvalue weighted by Crippen LogP contribution is -2.03. The predicted octanol–water partition coefficient (Wildman–Crippen LogP) is 5.78. The summed E-state index contributed by atoms with van der Waals surface area (Å²) in [5.41, 5.74) is 2.91. The molecular formula is C21H14ClF2N3O. The van der Waals surface area contributed by atoms with E-state index in [1.54, 1.807) is 36.4 Å². The van der Waals surface area contributed by atoms with E-state index in [0.717, 1.165) is 23.5 Å². The molecule has 0 bridgehead atoms. The number of hydrogen-bond acceptors (Lipinski definition) is 3. The molecule has 4 nitrogen and oxygen atoms in total. The van der Waals surface area contributed by atoms with Gasteiger partial charge >= 0.3 is 0 Å². The summed E-state index contributed by atoms with van der Waals surface area (Å²) in [6.07, 6.45) is 0. The van der Waals surface area contributed by atoms with E-state index in [9.17, 15) is 13.6 Å². The van der Waals surface area contributed by atoms with Gasteiger partial charge in [0.05, 0.1) is 21.7 Å². The number of carbonyl (C=O) groups excluding carboxylic acids is 1. The number of hydrogen-bond donors (Lipinski definition) is 2. The van der Waals surface area contributed by atoms with Gasteiger partial charge in [0, 0.05) is 22.9 Å². The summed E-state index contributed by atoms with van der Waals surface area (Å²) >= 11 is 6.27. The molecule has 0 amide bonds. The van der Waals surface area contributed by atoms with Crippen molar-refractivity contribution in [3.05, 3.63) is 88.2 Å². The van der Waals surface area contributed by atoms with Crippen LogP contribution in [0.15, 0.2) is 54.6 Å². The van der Waals surface area contributed by atoms with Crippen LogP contribution in [0.25, 0.3) is 11.0 Å². The summed E-state index contributed by atoms with van der Waals surface area (Å²) < 4.78 is 26.8. The van der Waals surface area contributed by atoms with Crippen molar-refractivity contribution in [2.45, 2.75) is 6.92 Å². The molecule has 1 aromatic heterocycles. The number of H-pyrrole nitrogens is 1. The van der Waals surface area contributed by atoms with Crippen LogP contribution in [0.1, 0.15) is 21.7 Å². The first-order chi connectivity index (χ1) is 13.4. The molecule has 4 aromatic rings. The highest BCUT2D eigenvalue weighted by atomic mass is 35.5. The molecule has 0 radical (unpaired) electrons. The Morgan fingerprint density at radius 1 is 1.07 bits per heavy atom. The minimum absolute atomic E-state index is 0.142. The molecular weight excluding hydrogens is 384 g/mol. The zero-order chi connectivity index (χ0) is 19.8. The fourth-order valence-electron chi connectivity index (χ4n) is 2.94. The summed E-state index contributed by atoms with van der Waals surface area (Å²) in [7, 11) is 0. The first-order valence-electron chi connectivity index (χ1n) is 8.43. The molecule has 4 rings (SSSR count). The van der Waals surface area contributed by atoms with Crippen LogP contribution in [-0.2, 0) is 0 Å². The van der Waals surface area contributed by atoms with E-state index >= 15 is 0 Å². The molecule has 0 saturated heterocycles. The number of ketones is 1. The lowest BCUT2D eigenvalue weighted by Gasteiger charge is -2.09. The Balaban J connectivity index is 1.60. The van der Waals surface area contributed by atoms with Gasteiger partial charge in [-0.1, -0.05) is 11.6 Å². The fraction of sp³-hybridized carbons (Fsp3) is 0.0476. The number of imidazole rings is 1. The van der Waals surface area contributed by atoms with Gasteiger partial charge < -0.3 is 10.3 Å². The number of rotatable bonds is 4. The third-order valence-electron chi connectivity index (χ3n) is 4.29. The van der Waals surface area contributed by atoms with Crippen LogP contribution < -0.4 is 5.32 Å². The molecule has 0 aliphatic carbocycles. The van der Waals surface area contributed by atoms with Crippen LogP contribution >= 0.6 is 11.6 Å². The van der Waals surface area contributed by atoms with Gasteiger partial charge in [0.15, 0.2) is 5.78 Å². The van der Waals surface area contributed by atoms with Crippen LogP contribution in [0.4, 0.5) is 20.2 Å². The van der Waals surface area contributed by atoms with Crippen molar-refractivity contribution < 1.29 is 13.6 Å². The average molecular weight is 398 g/mol. The maximum absolute atomic E-state index is 13.8. The number of fused-ring (bicyclic) bond motifs is 1. The third kappa shape index (κ3) is 3.46. The fourth-order valence-corrected chi connectivity index (χ4v) is 3.19. The standard InChI is InChI=1S/C21H14ClF2N3O/c1-11-25-19-9-15(16(22)10-20(19)26-11)21(28)12-2-5-14(6-3-12)27-18-7-4-13(23)8-17(18)24/h2-10,27H,1H3,(H,25,26). The molecule has 0 spiro atoms. The van der Waals surface area contributed by atoms with Gasteiger partial charge in [-0.2, -0.15) is 0 Å². The Labute approximate surface area is 164 Å². The van der Waals surface area contributed by atoms with Crippen molar-refractivity contribution in [1.82, 2.24) is 9.97 Å². The molecule has 0 aliphatic heterocycles. The highest BCUT2D eigenvalue weighted by Gasteiger charge is 2.15. The molecule has 0 saturated carbocycles. The van der Waals surface area contributed by atoms with Crippen LogP contribution in [-0.4, -0.2) is 15.8 Å². The lowest BCUT2D eigenvalue weighted by atomic mass is 10.0. The molecule has 2 N–H and O–H groups in total. The second-order valence-corrected chi connectivity index (χ2v) is 6.73. The summed E-state index contributed by atoms with van der Waals surface area (Å²) in [4.78, 5) is 20.2. The van der Waals surface area contributed by atoms with Gasteiger partial charge in [0.25, 0.3) is 0 Å². The van der Waals surface area contributed by atoms with Gasteiger partial charge in [-0.05, 0) is 55.5 Å². The summed E-state index contributed by atoms with van der Waals surface area (Å²) in [5.74, 6) is -0.856. The summed E-state index contributed by atoms with van der Waals surface area (Å²) in [6, 6.07) is 13.1. The van der Waals surface area contributed by atoms with E-state index < -0.39 is 11.6 Å². The van der Waals surface area contributed by atoms with Crippen LogP contribution in [0.2, 0.25) is 5.02 Å². The predicted molar refractivity (Wildman–Crippen MR) is 105 cm³/mol. The Morgan fingerprint density at radius 3 is 2.54 bits per heavy atom. The molecule has 140 valence electrons. The molecule has 0 atom stereocenters. The monoisotopic (exact) mass is 397 g/mol. The number of benzene rings is 3. The SMILES string of the molecule is Cc1nc2cc(C(=O)c3ccc(Nc4ccc(F)cc4F)cc3)c(Cl)cc2[nH]1. The van der Waals surface area contributed by atoms with E-state index in [1.165, 1.54) is 6.07 Å². The van der Waals surface area contributed by atoms with E-state index in [2.05, 4.69) is 15.3 Å². The molecule has 0 unspecified atom stereocenters. The molecule has 0 aliphatic rings. The number of aromatic amines is 1. The topological polar surface area (TPSA) is 57.8 Å². The smallest absolute Gasteiger partial charge is 0.194 e. The number of anilines is 2. The Hall–Kier alpha value is -3.25. The van der Waals surface area contributed by atoms with Gasteiger partial charge in [0.1, 0.15) is 17.5 Å². The number of halogens is 3. The summed E-state index contributed by atoms with van der Waals surface area (Å²) in [5, 5.41) is 3.18. The molecule has 28 heavy (non-hydrogen) atoms. The Kier molecular flexibility index (Phi) is 4.57. The summed E-state index contributed by atoms with van der Waals surface area (Å²) in [6.45, 7) is 1.82. The minimum atomic E-state index is -0.700. The minimum Gasteiger partial charge on any atom is -0.353 e. The van der Waals surface area contributed by atoms with Gasteiger partial charge in [-0.3, -0.25) is 4.79 Å². The number of aromatic nitrogens is 2. The van der Waals surface area contributed by atoms with Crippen molar-refractivity contribution >= 4 is 39.8 Å². The first kappa shape index (κ1) is 18.1. The highest BCUT2D eigenvalue weighted by molar-refractivity contribution is 6.35. The van der Waals surface area contributed by atoms with E-state index in [1.807, 2.05) is 6.92 Å². The maximum Gasteiger partial charge on any atom is 0.194 e. The van der Waals surface area contributed by atoms with E-state index in [0.29, 0.717) is 27.4 Å². The molecule has 0 fully saturated rings. The normalized spacial score (nSPS) is 11.0. The van der Waals surface area contributed by atoms with Crippen molar-refractivity contribution in [1.29, 1.82) is 0 Å². The lowest BCUT2D eigenvalue weighted by molar-refractivity contribution is 0.103. The second kappa shape index (κ2) is 7.05. The molecule has 7 heteroatoms. The highest BCUT2D eigenvalue weighted by Crippen LogP contribution is 2.26. The van der Waals surface area contributed by atoms with E-state index in [-0.39, 0.29) is 11.5 Å². The quantitative estimate of drug-likeness (QED) is 0.429. The average Bonchev–Trinajstić information content (AvgIpc) is 3.02. The third-order valence-corrected chi connectivity index (χ3v) is 4.60. The second-order valence-electron chi connectivity index (χ2n) is 6.33. The van der Waals surface area contributed by atoms with Crippen molar-refractivity contribution in [2.24, 2.45) is 0 Å². The Bertz CT molecular complexity index is 1200. The van der Waals surface area contributed by atoms with E-state index in [4.69, 9.17) is 11.6 Å². The number of carbonyl (C=O) groups is 1. The largest absolute Gasteiger partial charge is 0.353 e. The van der Waals surface area contributed by atoms with Gasteiger partial charge in [0.2, 0.25) is 0 Å². The molecule has 1 heterocycles. The zero-order valence-corrected chi connectivity index (χ0v) is 15.4. The number of nitrogens with zero attached hydrogens (tertiary/aromatic N) is 1.